The number of aryl methyl sites for hydroxylation is 1. The summed E-state index contributed by atoms with van der Waals surface area (Å²) in [6.07, 6.45) is 1.35. The van der Waals surface area contributed by atoms with Crippen LogP contribution < -0.4 is 4.74 Å². The lowest BCUT2D eigenvalue weighted by Crippen LogP contribution is -2.40. The Kier molecular flexibility index (Phi) is 4.83. The van der Waals surface area contributed by atoms with Crippen LogP contribution in [-0.2, 0) is 16.0 Å². The quantitative estimate of drug-likeness (QED) is 0.900. The number of carbonyl (C=O) groups is 2. The summed E-state index contributed by atoms with van der Waals surface area (Å²) in [5.74, 6) is -0.751. The fourth-order valence-corrected chi connectivity index (χ4v) is 2.78. The number of carboxylic acids is 1. The van der Waals surface area contributed by atoms with Gasteiger partial charge in [-0.15, -0.1) is 0 Å². The Balaban J connectivity index is 1.95. The van der Waals surface area contributed by atoms with Gasteiger partial charge in [0, 0.05) is 12.6 Å². The molecular formula is C16H21NO4. The second-order valence-corrected chi connectivity index (χ2v) is 5.31. The molecule has 0 spiro atoms. The maximum Gasteiger partial charge on any atom is 0.308 e. The van der Waals surface area contributed by atoms with Gasteiger partial charge in [0.2, 0.25) is 0 Å². The minimum absolute atomic E-state index is 0.0479. The van der Waals surface area contributed by atoms with Gasteiger partial charge >= 0.3 is 5.97 Å². The highest BCUT2D eigenvalue weighted by Crippen LogP contribution is 2.25. The fourth-order valence-electron chi connectivity index (χ4n) is 2.78. The van der Waals surface area contributed by atoms with Crippen molar-refractivity contribution in [2.45, 2.75) is 32.7 Å². The van der Waals surface area contributed by atoms with Crippen molar-refractivity contribution < 1.29 is 19.4 Å². The van der Waals surface area contributed by atoms with E-state index >= 15 is 0 Å². The second kappa shape index (κ2) is 6.61. The number of ether oxygens (including phenoxy) is 1. The van der Waals surface area contributed by atoms with Crippen LogP contribution in [0, 0.1) is 5.92 Å². The summed E-state index contributed by atoms with van der Waals surface area (Å²) >= 11 is 0. The molecule has 0 radical (unpaired) electrons. The normalized spacial score (nSPS) is 21.3. The predicted molar refractivity (Wildman–Crippen MR) is 78.2 cm³/mol. The van der Waals surface area contributed by atoms with E-state index in [1.807, 2.05) is 31.2 Å². The highest BCUT2D eigenvalue weighted by Gasteiger charge is 2.38. The minimum Gasteiger partial charge on any atom is -0.483 e. The topological polar surface area (TPSA) is 66.8 Å². The monoisotopic (exact) mass is 291 g/mol. The largest absolute Gasteiger partial charge is 0.483 e. The molecule has 2 rings (SSSR count). The molecule has 0 aromatic heterocycles. The molecule has 1 aromatic carbocycles. The van der Waals surface area contributed by atoms with Crippen molar-refractivity contribution in [3.05, 3.63) is 29.8 Å². The van der Waals surface area contributed by atoms with Gasteiger partial charge in [0.25, 0.3) is 5.91 Å². The fraction of sp³-hybridized carbons (Fsp3) is 0.500. The first kappa shape index (κ1) is 15.4. The number of para-hydroxylation sites is 1. The maximum atomic E-state index is 12.2. The number of benzene rings is 1. The molecule has 1 saturated heterocycles. The third-order valence-electron chi connectivity index (χ3n) is 4.10. The molecule has 1 fully saturated rings. The highest BCUT2D eigenvalue weighted by atomic mass is 16.5. The average molecular weight is 291 g/mol. The van der Waals surface area contributed by atoms with Crippen LogP contribution in [-0.4, -0.2) is 41.1 Å². The summed E-state index contributed by atoms with van der Waals surface area (Å²) in [4.78, 5) is 24.9. The molecule has 114 valence electrons. The van der Waals surface area contributed by atoms with Crippen molar-refractivity contribution in [3.8, 4) is 5.75 Å². The SMILES string of the molecule is CCc1ccccc1OCC(=O)N1CCC(C(=O)O)C1C. The first-order valence-corrected chi connectivity index (χ1v) is 7.27. The van der Waals surface area contributed by atoms with Crippen LogP contribution in [0.25, 0.3) is 0 Å². The summed E-state index contributed by atoms with van der Waals surface area (Å²) in [5, 5.41) is 9.09. The van der Waals surface area contributed by atoms with Gasteiger partial charge in [-0.25, -0.2) is 0 Å². The Morgan fingerprint density at radius 3 is 2.71 bits per heavy atom. The third kappa shape index (κ3) is 3.35. The number of amides is 1. The summed E-state index contributed by atoms with van der Waals surface area (Å²) in [7, 11) is 0. The van der Waals surface area contributed by atoms with E-state index in [1.165, 1.54) is 0 Å². The zero-order valence-corrected chi connectivity index (χ0v) is 12.4. The molecule has 21 heavy (non-hydrogen) atoms. The lowest BCUT2D eigenvalue weighted by molar-refractivity contribution is -0.143. The van der Waals surface area contributed by atoms with Gasteiger partial charge in [0.15, 0.2) is 6.61 Å². The van der Waals surface area contributed by atoms with Gasteiger partial charge in [-0.3, -0.25) is 9.59 Å². The molecule has 1 aliphatic rings. The van der Waals surface area contributed by atoms with Crippen LogP contribution in [0.5, 0.6) is 5.75 Å². The number of hydrogen-bond donors (Lipinski definition) is 1. The van der Waals surface area contributed by atoms with Crippen LogP contribution in [0.4, 0.5) is 0 Å². The molecule has 0 bridgehead atoms. The average Bonchev–Trinajstić information content (AvgIpc) is 2.87. The summed E-state index contributed by atoms with van der Waals surface area (Å²) in [6.45, 7) is 4.25. The van der Waals surface area contributed by atoms with E-state index in [-0.39, 0.29) is 18.6 Å². The molecule has 1 aliphatic heterocycles. The highest BCUT2D eigenvalue weighted by molar-refractivity contribution is 5.80. The summed E-state index contributed by atoms with van der Waals surface area (Å²) in [5.41, 5.74) is 1.06. The van der Waals surface area contributed by atoms with Crippen LogP contribution in [0.15, 0.2) is 24.3 Å². The third-order valence-corrected chi connectivity index (χ3v) is 4.10. The second-order valence-electron chi connectivity index (χ2n) is 5.31. The van der Waals surface area contributed by atoms with Crippen LogP contribution in [0.2, 0.25) is 0 Å². The number of likely N-dealkylation sites (tertiary alicyclic amines) is 1. The van der Waals surface area contributed by atoms with Gasteiger partial charge in [0.05, 0.1) is 5.92 Å². The van der Waals surface area contributed by atoms with Crippen molar-refractivity contribution in [1.29, 1.82) is 0 Å². The summed E-state index contributed by atoms with van der Waals surface area (Å²) < 4.78 is 5.61. The van der Waals surface area contributed by atoms with Crippen LogP contribution >= 0.6 is 0 Å². The van der Waals surface area contributed by atoms with Gasteiger partial charge in [0.1, 0.15) is 5.75 Å². The Morgan fingerprint density at radius 2 is 2.10 bits per heavy atom. The molecule has 1 amide bonds. The van der Waals surface area contributed by atoms with Crippen LogP contribution in [0.3, 0.4) is 0 Å². The number of rotatable bonds is 5. The first-order chi connectivity index (χ1) is 10.0. The van der Waals surface area contributed by atoms with Crippen molar-refractivity contribution in [2.75, 3.05) is 13.2 Å². The number of nitrogens with zero attached hydrogens (tertiary/aromatic N) is 1. The molecule has 1 N–H and O–H groups in total. The lowest BCUT2D eigenvalue weighted by atomic mass is 10.0. The summed E-state index contributed by atoms with van der Waals surface area (Å²) in [6, 6.07) is 7.35. The predicted octanol–water partition coefficient (Wildman–Crippen LogP) is 1.95. The Hall–Kier alpha value is -2.04. The molecule has 5 nitrogen and oxygen atoms in total. The number of hydrogen-bond acceptors (Lipinski definition) is 3. The Morgan fingerprint density at radius 1 is 1.38 bits per heavy atom. The first-order valence-electron chi connectivity index (χ1n) is 7.27. The zero-order chi connectivity index (χ0) is 15.4. The molecule has 1 heterocycles. The van der Waals surface area contributed by atoms with E-state index < -0.39 is 11.9 Å². The molecule has 2 unspecified atom stereocenters. The zero-order valence-electron chi connectivity index (χ0n) is 12.4. The maximum absolute atomic E-state index is 12.2. The van der Waals surface area contributed by atoms with Crippen molar-refractivity contribution in [2.24, 2.45) is 5.92 Å². The molecule has 5 heteroatoms. The minimum atomic E-state index is -0.838. The Labute approximate surface area is 124 Å². The van der Waals surface area contributed by atoms with E-state index in [1.54, 1.807) is 11.8 Å². The standard InChI is InChI=1S/C16H21NO4/c1-3-12-6-4-5-7-14(12)21-10-15(18)17-9-8-13(11(17)2)16(19)20/h4-7,11,13H,3,8-10H2,1-2H3,(H,19,20). The van der Waals surface area contributed by atoms with Gasteiger partial charge in [-0.1, -0.05) is 25.1 Å². The number of carbonyl (C=O) groups excluding carboxylic acids is 1. The van der Waals surface area contributed by atoms with Crippen molar-refractivity contribution in [3.63, 3.8) is 0 Å². The van der Waals surface area contributed by atoms with E-state index in [4.69, 9.17) is 9.84 Å². The van der Waals surface area contributed by atoms with E-state index in [9.17, 15) is 9.59 Å². The molecule has 2 atom stereocenters. The van der Waals surface area contributed by atoms with E-state index in [0.717, 1.165) is 17.7 Å². The lowest BCUT2D eigenvalue weighted by Gasteiger charge is -2.23. The van der Waals surface area contributed by atoms with Crippen molar-refractivity contribution >= 4 is 11.9 Å². The molecule has 1 aromatic rings. The number of aliphatic carboxylic acids is 1. The van der Waals surface area contributed by atoms with Gasteiger partial charge in [-0.05, 0) is 31.4 Å². The van der Waals surface area contributed by atoms with E-state index in [2.05, 4.69) is 0 Å². The number of carboxylic acid groups (broad SMARTS) is 1. The molecule has 0 saturated carbocycles. The Bertz CT molecular complexity index is 529. The van der Waals surface area contributed by atoms with Crippen LogP contribution in [0.1, 0.15) is 25.8 Å². The van der Waals surface area contributed by atoms with Gasteiger partial charge < -0.3 is 14.7 Å². The smallest absolute Gasteiger partial charge is 0.308 e. The molecule has 0 aliphatic carbocycles. The van der Waals surface area contributed by atoms with E-state index in [0.29, 0.717) is 13.0 Å². The van der Waals surface area contributed by atoms with Gasteiger partial charge in [-0.2, -0.15) is 0 Å². The molecular weight excluding hydrogens is 270 g/mol. The van der Waals surface area contributed by atoms with Crippen molar-refractivity contribution in [1.82, 2.24) is 4.90 Å².